The van der Waals surface area contributed by atoms with Crippen LogP contribution >= 0.6 is 11.6 Å². The summed E-state index contributed by atoms with van der Waals surface area (Å²) in [5.74, 6) is -0.231. The predicted octanol–water partition coefficient (Wildman–Crippen LogP) is 4.13. The maximum absolute atomic E-state index is 12.9. The van der Waals surface area contributed by atoms with E-state index in [4.69, 9.17) is 11.6 Å². The lowest BCUT2D eigenvalue weighted by molar-refractivity contribution is 0.102. The van der Waals surface area contributed by atoms with E-state index >= 15 is 0 Å². The summed E-state index contributed by atoms with van der Waals surface area (Å²) < 4.78 is 12.9. The number of aromatic nitrogens is 2. The van der Waals surface area contributed by atoms with Gasteiger partial charge in [0.1, 0.15) is 5.82 Å². The second-order valence-corrected chi connectivity index (χ2v) is 5.68. The molecule has 0 bridgehead atoms. The smallest absolute Gasteiger partial charge is 0.258 e. The Balaban J connectivity index is 1.59. The molecule has 0 radical (unpaired) electrons. The van der Waals surface area contributed by atoms with Gasteiger partial charge in [0, 0.05) is 29.6 Å². The van der Waals surface area contributed by atoms with Crippen molar-refractivity contribution >= 4 is 29.1 Å². The van der Waals surface area contributed by atoms with Crippen molar-refractivity contribution in [2.24, 2.45) is 0 Å². The van der Waals surface area contributed by atoms with Gasteiger partial charge in [-0.25, -0.2) is 14.4 Å². The highest BCUT2D eigenvalue weighted by Crippen LogP contribution is 2.16. The third kappa shape index (κ3) is 4.74. The fourth-order valence-corrected chi connectivity index (χ4v) is 2.28. The van der Waals surface area contributed by atoms with E-state index in [9.17, 15) is 9.18 Å². The Bertz CT molecular complexity index is 869. The summed E-state index contributed by atoms with van der Waals surface area (Å²) in [5, 5.41) is 6.27. The number of hydrogen-bond donors (Lipinski definition) is 2. The van der Waals surface area contributed by atoms with Gasteiger partial charge in [0.25, 0.3) is 5.91 Å². The van der Waals surface area contributed by atoms with Crippen LogP contribution in [0.3, 0.4) is 0 Å². The molecule has 0 spiro atoms. The van der Waals surface area contributed by atoms with Gasteiger partial charge in [-0.05, 0) is 35.9 Å². The first-order chi connectivity index (χ1) is 12.1. The maximum atomic E-state index is 12.9. The van der Waals surface area contributed by atoms with Crippen LogP contribution in [0.2, 0.25) is 5.02 Å². The van der Waals surface area contributed by atoms with Crippen molar-refractivity contribution in [2.75, 3.05) is 10.6 Å². The number of nitrogens with one attached hydrogen (secondary N) is 2. The molecule has 2 N–H and O–H groups in total. The summed E-state index contributed by atoms with van der Waals surface area (Å²) in [6, 6.07) is 13.0. The molecule has 1 amide bonds. The van der Waals surface area contributed by atoms with E-state index in [1.807, 2.05) is 0 Å². The highest BCUT2D eigenvalue weighted by molar-refractivity contribution is 6.30. The predicted molar refractivity (Wildman–Crippen MR) is 95.2 cm³/mol. The van der Waals surface area contributed by atoms with Crippen molar-refractivity contribution in [2.45, 2.75) is 6.54 Å². The maximum Gasteiger partial charge on any atom is 0.258 e. The van der Waals surface area contributed by atoms with Gasteiger partial charge in [-0.15, -0.1) is 0 Å². The van der Waals surface area contributed by atoms with Gasteiger partial charge in [-0.2, -0.15) is 0 Å². The van der Waals surface area contributed by atoms with Crippen LogP contribution in [0, 0.1) is 5.82 Å². The number of hydrogen-bond acceptors (Lipinski definition) is 4. The first kappa shape index (κ1) is 16.9. The summed E-state index contributed by atoms with van der Waals surface area (Å²) >= 11 is 5.88. The second-order valence-electron chi connectivity index (χ2n) is 5.24. The van der Waals surface area contributed by atoms with Crippen LogP contribution in [-0.2, 0) is 6.54 Å². The van der Waals surface area contributed by atoms with Gasteiger partial charge < -0.3 is 10.6 Å². The van der Waals surface area contributed by atoms with Crippen LogP contribution in [0.4, 0.5) is 16.0 Å². The van der Waals surface area contributed by atoms with Gasteiger partial charge >= 0.3 is 0 Å². The fourth-order valence-electron chi connectivity index (χ4n) is 2.09. The van der Waals surface area contributed by atoms with Crippen molar-refractivity contribution in [3.05, 3.63) is 82.9 Å². The fraction of sp³-hybridized carbons (Fsp3) is 0.0556. The van der Waals surface area contributed by atoms with E-state index in [2.05, 4.69) is 20.6 Å². The standard InChI is InChI=1S/C18H14ClFN4O/c19-14-2-1-3-16(8-14)24-17(25)13-10-22-18(23-11-13)21-9-12-4-6-15(20)7-5-12/h1-8,10-11H,9H2,(H,24,25)(H,21,22,23). The van der Waals surface area contributed by atoms with Crippen LogP contribution in [0.5, 0.6) is 0 Å². The van der Waals surface area contributed by atoms with Crippen molar-refractivity contribution in [3.8, 4) is 0 Å². The zero-order valence-electron chi connectivity index (χ0n) is 13.0. The molecule has 3 rings (SSSR count). The molecule has 0 unspecified atom stereocenters. The Morgan fingerprint density at radius 1 is 1.08 bits per heavy atom. The summed E-state index contributed by atoms with van der Waals surface area (Å²) in [5.41, 5.74) is 1.82. The number of carbonyl (C=O) groups is 1. The number of amides is 1. The lowest BCUT2D eigenvalue weighted by Gasteiger charge is -2.07. The van der Waals surface area contributed by atoms with E-state index in [1.54, 1.807) is 36.4 Å². The molecule has 1 aromatic heterocycles. The monoisotopic (exact) mass is 356 g/mol. The van der Waals surface area contributed by atoms with Gasteiger partial charge in [-0.1, -0.05) is 29.8 Å². The lowest BCUT2D eigenvalue weighted by atomic mass is 10.2. The quantitative estimate of drug-likeness (QED) is 0.721. The number of halogens is 2. The summed E-state index contributed by atoms with van der Waals surface area (Å²) in [6.07, 6.45) is 2.86. The molecule has 2 aromatic carbocycles. The molecule has 0 aliphatic carbocycles. The molecule has 5 nitrogen and oxygen atoms in total. The topological polar surface area (TPSA) is 66.9 Å². The SMILES string of the molecule is O=C(Nc1cccc(Cl)c1)c1cnc(NCc2ccc(F)cc2)nc1. The van der Waals surface area contributed by atoms with Crippen LogP contribution < -0.4 is 10.6 Å². The Hall–Kier alpha value is -2.99. The second kappa shape index (κ2) is 7.72. The minimum atomic E-state index is -0.327. The first-order valence-corrected chi connectivity index (χ1v) is 7.85. The molecule has 0 aliphatic heterocycles. The normalized spacial score (nSPS) is 10.3. The Morgan fingerprint density at radius 2 is 1.80 bits per heavy atom. The van der Waals surface area contributed by atoms with Gasteiger partial charge in [-0.3, -0.25) is 4.79 Å². The third-order valence-corrected chi connectivity index (χ3v) is 3.60. The third-order valence-electron chi connectivity index (χ3n) is 3.36. The summed E-state index contributed by atoms with van der Waals surface area (Å²) in [6.45, 7) is 0.453. The van der Waals surface area contributed by atoms with E-state index < -0.39 is 0 Å². The van der Waals surface area contributed by atoms with Gasteiger partial charge in [0.2, 0.25) is 5.95 Å². The average Bonchev–Trinajstić information content (AvgIpc) is 2.62. The molecule has 1 heterocycles. The molecule has 0 saturated heterocycles. The zero-order chi connectivity index (χ0) is 17.6. The highest BCUT2D eigenvalue weighted by Gasteiger charge is 2.08. The van der Waals surface area contributed by atoms with Crippen molar-refractivity contribution < 1.29 is 9.18 Å². The van der Waals surface area contributed by atoms with Crippen LogP contribution in [0.1, 0.15) is 15.9 Å². The average molecular weight is 357 g/mol. The summed E-state index contributed by atoms with van der Waals surface area (Å²) in [7, 11) is 0. The molecule has 0 saturated carbocycles. The molecule has 25 heavy (non-hydrogen) atoms. The number of rotatable bonds is 5. The van der Waals surface area contributed by atoms with Crippen molar-refractivity contribution in [1.29, 1.82) is 0 Å². The Morgan fingerprint density at radius 3 is 2.48 bits per heavy atom. The minimum absolute atomic E-state index is 0.282. The molecule has 126 valence electrons. The van der Waals surface area contributed by atoms with Crippen LogP contribution in [-0.4, -0.2) is 15.9 Å². The lowest BCUT2D eigenvalue weighted by Crippen LogP contribution is -2.13. The van der Waals surface area contributed by atoms with Crippen LogP contribution in [0.15, 0.2) is 60.9 Å². The molecule has 3 aromatic rings. The van der Waals surface area contributed by atoms with Crippen molar-refractivity contribution in [3.63, 3.8) is 0 Å². The summed E-state index contributed by atoms with van der Waals surface area (Å²) in [4.78, 5) is 20.4. The number of carbonyl (C=O) groups excluding carboxylic acids is 1. The van der Waals surface area contributed by atoms with E-state index in [0.29, 0.717) is 28.8 Å². The number of anilines is 2. The van der Waals surface area contributed by atoms with Gasteiger partial charge in [0.05, 0.1) is 5.56 Å². The first-order valence-electron chi connectivity index (χ1n) is 7.47. The molecule has 0 atom stereocenters. The van der Waals surface area contributed by atoms with Crippen molar-refractivity contribution in [1.82, 2.24) is 9.97 Å². The Labute approximate surface area is 148 Å². The number of benzene rings is 2. The molecular weight excluding hydrogens is 343 g/mol. The highest BCUT2D eigenvalue weighted by atomic mass is 35.5. The van der Waals surface area contributed by atoms with E-state index in [-0.39, 0.29) is 11.7 Å². The largest absolute Gasteiger partial charge is 0.350 e. The molecule has 7 heteroatoms. The van der Waals surface area contributed by atoms with Gasteiger partial charge in [0.15, 0.2) is 0 Å². The zero-order valence-corrected chi connectivity index (χ0v) is 13.8. The molecule has 0 aliphatic rings. The van der Waals surface area contributed by atoms with Crippen LogP contribution in [0.25, 0.3) is 0 Å². The molecule has 0 fully saturated rings. The minimum Gasteiger partial charge on any atom is -0.350 e. The molecular formula is C18H14ClFN4O. The van der Waals surface area contributed by atoms with E-state index in [0.717, 1.165) is 5.56 Å². The Kier molecular flexibility index (Phi) is 5.20. The van der Waals surface area contributed by atoms with E-state index in [1.165, 1.54) is 24.5 Å². The number of nitrogens with zero attached hydrogens (tertiary/aromatic N) is 2.